The fraction of sp³-hybridized carbons (Fsp3) is 0.500. The Balaban J connectivity index is 2.95. The SMILES string of the molecule is CCCN(CC(F)(F)F)c1ccc(CBr)c(Br)c1. The molecule has 0 spiro atoms. The lowest BCUT2D eigenvalue weighted by molar-refractivity contribution is -0.119. The topological polar surface area (TPSA) is 3.24 Å². The molecule has 0 aromatic heterocycles. The van der Waals surface area contributed by atoms with E-state index in [0.717, 1.165) is 10.0 Å². The molecule has 0 bridgehead atoms. The minimum Gasteiger partial charge on any atom is -0.363 e. The third-order valence-corrected chi connectivity index (χ3v) is 3.75. The van der Waals surface area contributed by atoms with Crippen LogP contribution < -0.4 is 4.90 Å². The summed E-state index contributed by atoms with van der Waals surface area (Å²) in [6, 6.07) is 5.29. The van der Waals surface area contributed by atoms with E-state index < -0.39 is 12.7 Å². The zero-order valence-electron chi connectivity index (χ0n) is 9.90. The molecule has 0 aliphatic carbocycles. The van der Waals surface area contributed by atoms with Gasteiger partial charge in [0, 0.05) is 22.0 Å². The van der Waals surface area contributed by atoms with Gasteiger partial charge in [-0.25, -0.2) is 0 Å². The summed E-state index contributed by atoms with van der Waals surface area (Å²) in [6.45, 7) is 1.34. The van der Waals surface area contributed by atoms with E-state index in [-0.39, 0.29) is 0 Å². The summed E-state index contributed by atoms with van der Waals surface area (Å²) in [5.74, 6) is 0. The molecule has 0 unspecified atom stereocenters. The van der Waals surface area contributed by atoms with Gasteiger partial charge in [-0.2, -0.15) is 13.2 Å². The van der Waals surface area contributed by atoms with Crippen molar-refractivity contribution >= 4 is 37.5 Å². The van der Waals surface area contributed by atoms with E-state index in [9.17, 15) is 13.2 Å². The van der Waals surface area contributed by atoms with Gasteiger partial charge in [0.25, 0.3) is 0 Å². The van der Waals surface area contributed by atoms with Crippen molar-refractivity contribution in [3.8, 4) is 0 Å². The van der Waals surface area contributed by atoms with E-state index in [1.807, 2.05) is 13.0 Å². The molecule has 0 aliphatic rings. The highest BCUT2D eigenvalue weighted by atomic mass is 79.9. The molecule has 1 aromatic carbocycles. The van der Waals surface area contributed by atoms with Crippen LogP contribution in [0.15, 0.2) is 22.7 Å². The Kier molecular flexibility index (Phi) is 5.98. The van der Waals surface area contributed by atoms with Crippen molar-refractivity contribution < 1.29 is 13.2 Å². The molecular weight excluding hydrogens is 375 g/mol. The quantitative estimate of drug-likeness (QED) is 0.632. The number of hydrogen-bond acceptors (Lipinski definition) is 1. The monoisotopic (exact) mass is 387 g/mol. The molecule has 102 valence electrons. The number of alkyl halides is 4. The summed E-state index contributed by atoms with van der Waals surface area (Å²) in [4.78, 5) is 1.35. The number of anilines is 1. The Labute approximate surface area is 122 Å². The lowest BCUT2D eigenvalue weighted by atomic mass is 10.2. The Morgan fingerprint density at radius 3 is 2.39 bits per heavy atom. The molecule has 18 heavy (non-hydrogen) atoms. The summed E-state index contributed by atoms with van der Waals surface area (Å²) in [6.07, 6.45) is -3.51. The van der Waals surface area contributed by atoms with Crippen LogP contribution in [0.5, 0.6) is 0 Å². The lowest BCUT2D eigenvalue weighted by Gasteiger charge is -2.26. The van der Waals surface area contributed by atoms with E-state index in [2.05, 4.69) is 31.9 Å². The van der Waals surface area contributed by atoms with Gasteiger partial charge in [0.05, 0.1) is 0 Å². The first-order valence-electron chi connectivity index (χ1n) is 5.53. The Morgan fingerprint density at radius 1 is 1.28 bits per heavy atom. The average Bonchev–Trinajstić information content (AvgIpc) is 2.26. The largest absolute Gasteiger partial charge is 0.405 e. The van der Waals surface area contributed by atoms with Crippen LogP contribution in [0.2, 0.25) is 0 Å². The Bertz CT molecular complexity index is 393. The van der Waals surface area contributed by atoms with Crippen LogP contribution in [0.1, 0.15) is 18.9 Å². The van der Waals surface area contributed by atoms with Crippen LogP contribution in [-0.2, 0) is 5.33 Å². The average molecular weight is 389 g/mol. The molecule has 0 heterocycles. The first-order chi connectivity index (χ1) is 8.37. The van der Waals surface area contributed by atoms with Gasteiger partial charge in [-0.05, 0) is 24.1 Å². The first-order valence-corrected chi connectivity index (χ1v) is 7.45. The van der Waals surface area contributed by atoms with E-state index in [1.54, 1.807) is 12.1 Å². The van der Waals surface area contributed by atoms with Gasteiger partial charge in [0.15, 0.2) is 0 Å². The molecule has 0 fully saturated rings. The zero-order chi connectivity index (χ0) is 13.8. The first kappa shape index (κ1) is 15.8. The summed E-state index contributed by atoms with van der Waals surface area (Å²) in [5.41, 5.74) is 1.60. The highest BCUT2D eigenvalue weighted by Crippen LogP contribution is 2.28. The number of halogens is 5. The minimum atomic E-state index is -4.18. The van der Waals surface area contributed by atoms with Crippen molar-refractivity contribution in [3.05, 3.63) is 28.2 Å². The van der Waals surface area contributed by atoms with Crippen molar-refractivity contribution in [1.82, 2.24) is 0 Å². The Hall–Kier alpha value is -0.230. The van der Waals surface area contributed by atoms with Crippen LogP contribution in [0, 0.1) is 0 Å². The van der Waals surface area contributed by atoms with E-state index in [4.69, 9.17) is 0 Å². The van der Waals surface area contributed by atoms with Crippen LogP contribution in [-0.4, -0.2) is 19.3 Å². The number of rotatable bonds is 5. The number of nitrogens with zero attached hydrogens (tertiary/aromatic N) is 1. The standard InChI is InChI=1S/C12H14Br2F3N/c1-2-5-18(8-12(15,16)17)10-4-3-9(7-13)11(14)6-10/h3-4,6H,2,5,7-8H2,1H3. The summed E-state index contributed by atoms with van der Waals surface area (Å²) >= 11 is 6.69. The van der Waals surface area contributed by atoms with E-state index >= 15 is 0 Å². The number of benzene rings is 1. The fourth-order valence-electron chi connectivity index (χ4n) is 1.63. The molecular formula is C12H14Br2F3N. The molecule has 6 heteroatoms. The third-order valence-electron chi connectivity index (χ3n) is 2.41. The van der Waals surface area contributed by atoms with Gasteiger partial charge >= 0.3 is 6.18 Å². The van der Waals surface area contributed by atoms with Gasteiger partial charge in [-0.15, -0.1) is 0 Å². The smallest absolute Gasteiger partial charge is 0.363 e. The van der Waals surface area contributed by atoms with Gasteiger partial charge in [0.2, 0.25) is 0 Å². The van der Waals surface area contributed by atoms with E-state index in [1.165, 1.54) is 4.90 Å². The second-order valence-corrected chi connectivity index (χ2v) is 5.36. The van der Waals surface area contributed by atoms with Gasteiger partial charge in [-0.3, -0.25) is 0 Å². The predicted molar refractivity (Wildman–Crippen MR) is 75.3 cm³/mol. The maximum Gasteiger partial charge on any atom is 0.405 e. The summed E-state index contributed by atoms with van der Waals surface area (Å²) in [5, 5.41) is 0.668. The minimum absolute atomic E-state index is 0.389. The van der Waals surface area contributed by atoms with Crippen LogP contribution >= 0.6 is 31.9 Å². The Morgan fingerprint density at radius 2 is 1.94 bits per heavy atom. The third kappa shape index (κ3) is 4.80. The van der Waals surface area contributed by atoms with Gasteiger partial charge in [0.1, 0.15) is 6.54 Å². The maximum absolute atomic E-state index is 12.5. The molecule has 1 nitrogen and oxygen atoms in total. The summed E-state index contributed by atoms with van der Waals surface area (Å²) in [7, 11) is 0. The highest BCUT2D eigenvalue weighted by Gasteiger charge is 2.30. The zero-order valence-corrected chi connectivity index (χ0v) is 13.1. The van der Waals surface area contributed by atoms with Crippen LogP contribution in [0.25, 0.3) is 0 Å². The molecule has 0 atom stereocenters. The second-order valence-electron chi connectivity index (χ2n) is 3.95. The molecule has 0 saturated carbocycles. The molecule has 0 radical (unpaired) electrons. The van der Waals surface area contributed by atoms with Crippen molar-refractivity contribution in [1.29, 1.82) is 0 Å². The molecule has 0 saturated heterocycles. The van der Waals surface area contributed by atoms with Crippen molar-refractivity contribution in [3.63, 3.8) is 0 Å². The van der Waals surface area contributed by atoms with Crippen molar-refractivity contribution in [2.24, 2.45) is 0 Å². The van der Waals surface area contributed by atoms with E-state index in [0.29, 0.717) is 24.0 Å². The highest BCUT2D eigenvalue weighted by molar-refractivity contribution is 9.10. The maximum atomic E-state index is 12.5. The molecule has 1 aromatic rings. The van der Waals surface area contributed by atoms with Crippen molar-refractivity contribution in [2.75, 3.05) is 18.0 Å². The van der Waals surface area contributed by atoms with Crippen LogP contribution in [0.4, 0.5) is 18.9 Å². The van der Waals surface area contributed by atoms with Gasteiger partial charge < -0.3 is 4.90 Å². The molecule has 0 aliphatic heterocycles. The fourth-order valence-corrected chi connectivity index (χ4v) is 3.00. The number of hydrogen-bond donors (Lipinski definition) is 0. The predicted octanol–water partition coefficient (Wildman–Crippen LogP) is 5.12. The molecule has 0 amide bonds. The lowest BCUT2D eigenvalue weighted by Crippen LogP contribution is -2.34. The normalized spacial score (nSPS) is 11.7. The molecule has 0 N–H and O–H groups in total. The summed E-state index contributed by atoms with van der Waals surface area (Å²) < 4.78 is 38.3. The second kappa shape index (κ2) is 6.80. The molecule has 1 rings (SSSR count). The van der Waals surface area contributed by atoms with Crippen LogP contribution in [0.3, 0.4) is 0 Å². The van der Waals surface area contributed by atoms with Gasteiger partial charge in [-0.1, -0.05) is 44.8 Å². The van der Waals surface area contributed by atoms with Crippen molar-refractivity contribution in [2.45, 2.75) is 24.9 Å².